The largest absolute Gasteiger partial charge is 0.463 e. The highest BCUT2D eigenvalue weighted by atomic mass is 35.5. The molecule has 4 aromatic heterocycles. The van der Waals surface area contributed by atoms with Crippen molar-refractivity contribution < 1.29 is 18.0 Å². The van der Waals surface area contributed by atoms with Gasteiger partial charge < -0.3 is 9.73 Å². The summed E-state index contributed by atoms with van der Waals surface area (Å²) in [4.78, 5) is 17.2. The summed E-state index contributed by atoms with van der Waals surface area (Å²) < 4.78 is 36.0. The van der Waals surface area contributed by atoms with E-state index in [-0.39, 0.29) is 28.8 Å². The summed E-state index contributed by atoms with van der Waals surface area (Å²) in [6.07, 6.45) is 0.429. The van der Waals surface area contributed by atoms with Crippen LogP contribution in [0.4, 0.5) is 14.6 Å². The van der Waals surface area contributed by atoms with Crippen LogP contribution in [-0.2, 0) is 17.9 Å². The predicted octanol–water partition coefficient (Wildman–Crippen LogP) is 5.47. The van der Waals surface area contributed by atoms with E-state index in [0.717, 1.165) is 5.56 Å². The molecule has 0 aliphatic rings. The molecule has 0 bridgehead atoms. The molecule has 0 saturated heterocycles. The van der Waals surface area contributed by atoms with Gasteiger partial charge in [0.15, 0.2) is 17.2 Å². The van der Waals surface area contributed by atoms with Crippen molar-refractivity contribution in [3.8, 4) is 11.5 Å². The summed E-state index contributed by atoms with van der Waals surface area (Å²) in [6, 6.07) is 13.6. The first-order valence-corrected chi connectivity index (χ1v) is 11.0. The highest BCUT2D eigenvalue weighted by molar-refractivity contribution is 6.30. The van der Waals surface area contributed by atoms with Gasteiger partial charge in [0.2, 0.25) is 5.91 Å². The van der Waals surface area contributed by atoms with Crippen LogP contribution in [0.15, 0.2) is 65.4 Å². The molecule has 4 heterocycles. The Morgan fingerprint density at radius 2 is 1.97 bits per heavy atom. The van der Waals surface area contributed by atoms with Crippen LogP contribution in [0.2, 0.25) is 5.02 Å². The fourth-order valence-electron chi connectivity index (χ4n) is 3.83. The Bertz CT molecular complexity index is 1490. The zero-order valence-electron chi connectivity index (χ0n) is 18.5. The van der Waals surface area contributed by atoms with Crippen molar-refractivity contribution in [2.24, 2.45) is 0 Å². The molecular weight excluding hydrogens is 478 g/mol. The molecule has 1 aromatic carbocycles. The normalized spacial score (nSPS) is 11.5. The Hall–Kier alpha value is -4.05. The average molecular weight is 497 g/mol. The molecule has 1 N–H and O–H groups in total. The van der Waals surface area contributed by atoms with Gasteiger partial charge in [-0.15, -0.1) is 0 Å². The standard InChI is InChI=1S/C24H19ClF2N6O2/c1-14-22-17(23(26)27)11-18(19-3-2-10-35-19)28-24(22)33(30-14)13-21(34)29-20-8-9-32(31-20)12-15-4-6-16(25)7-5-15/h2-11,23H,12-13H2,1H3,(H,29,31,34). The third-order valence-corrected chi connectivity index (χ3v) is 5.63. The Morgan fingerprint density at radius 1 is 1.17 bits per heavy atom. The van der Waals surface area contributed by atoms with Crippen molar-refractivity contribution in [2.45, 2.75) is 26.4 Å². The number of furan rings is 1. The molecule has 5 rings (SSSR count). The van der Waals surface area contributed by atoms with E-state index in [1.54, 1.807) is 48.1 Å². The van der Waals surface area contributed by atoms with Crippen LogP contribution in [-0.4, -0.2) is 30.5 Å². The van der Waals surface area contributed by atoms with Gasteiger partial charge in [0.05, 0.1) is 23.9 Å². The third kappa shape index (κ3) is 4.78. The maximum Gasteiger partial charge on any atom is 0.264 e. The number of hydrogen-bond donors (Lipinski definition) is 1. The van der Waals surface area contributed by atoms with Gasteiger partial charge in [-0.3, -0.25) is 9.48 Å². The van der Waals surface area contributed by atoms with Crippen LogP contribution >= 0.6 is 11.6 Å². The van der Waals surface area contributed by atoms with Gasteiger partial charge in [-0.1, -0.05) is 23.7 Å². The van der Waals surface area contributed by atoms with E-state index in [4.69, 9.17) is 16.0 Å². The van der Waals surface area contributed by atoms with E-state index in [1.165, 1.54) is 17.0 Å². The van der Waals surface area contributed by atoms with Crippen LogP contribution in [0.25, 0.3) is 22.5 Å². The predicted molar refractivity (Wildman–Crippen MR) is 126 cm³/mol. The van der Waals surface area contributed by atoms with Crippen LogP contribution in [0, 0.1) is 6.92 Å². The number of carbonyl (C=O) groups is 1. The molecule has 1 amide bonds. The van der Waals surface area contributed by atoms with Gasteiger partial charge in [0.25, 0.3) is 6.43 Å². The number of halogens is 3. The smallest absolute Gasteiger partial charge is 0.264 e. The number of aromatic nitrogens is 5. The Balaban J connectivity index is 1.37. The van der Waals surface area contributed by atoms with Crippen molar-refractivity contribution in [3.63, 3.8) is 0 Å². The monoisotopic (exact) mass is 496 g/mol. The average Bonchev–Trinajstić information content (AvgIpc) is 3.57. The second-order valence-corrected chi connectivity index (χ2v) is 8.33. The number of pyridine rings is 1. The van der Waals surface area contributed by atoms with Crippen LogP contribution in [0.1, 0.15) is 23.2 Å². The number of rotatable bonds is 7. The number of anilines is 1. The van der Waals surface area contributed by atoms with E-state index in [1.807, 2.05) is 12.1 Å². The van der Waals surface area contributed by atoms with Gasteiger partial charge in [0, 0.05) is 22.8 Å². The maximum atomic E-state index is 13.8. The zero-order valence-corrected chi connectivity index (χ0v) is 19.2. The number of amides is 1. The Morgan fingerprint density at radius 3 is 2.69 bits per heavy atom. The van der Waals surface area contributed by atoms with Gasteiger partial charge in [0.1, 0.15) is 12.2 Å². The van der Waals surface area contributed by atoms with E-state index in [0.29, 0.717) is 28.8 Å². The first-order chi connectivity index (χ1) is 16.9. The number of carbonyl (C=O) groups excluding carboxylic acids is 1. The minimum atomic E-state index is -2.75. The second kappa shape index (κ2) is 9.30. The highest BCUT2D eigenvalue weighted by Crippen LogP contribution is 2.33. The van der Waals surface area contributed by atoms with E-state index < -0.39 is 12.3 Å². The Kier molecular flexibility index (Phi) is 6.04. The van der Waals surface area contributed by atoms with Gasteiger partial charge in [-0.05, 0) is 42.8 Å². The second-order valence-electron chi connectivity index (χ2n) is 7.89. The van der Waals surface area contributed by atoms with E-state index in [9.17, 15) is 13.6 Å². The lowest BCUT2D eigenvalue weighted by molar-refractivity contribution is -0.116. The highest BCUT2D eigenvalue weighted by Gasteiger charge is 2.22. The first-order valence-electron chi connectivity index (χ1n) is 10.6. The molecule has 35 heavy (non-hydrogen) atoms. The lowest BCUT2D eigenvalue weighted by Gasteiger charge is -2.07. The molecule has 5 aromatic rings. The molecule has 0 saturated carbocycles. The van der Waals surface area contributed by atoms with Gasteiger partial charge >= 0.3 is 0 Å². The number of alkyl halides is 2. The van der Waals surface area contributed by atoms with Crippen LogP contribution < -0.4 is 5.32 Å². The lowest BCUT2D eigenvalue weighted by Crippen LogP contribution is -2.20. The molecule has 8 nitrogen and oxygen atoms in total. The molecule has 0 aliphatic heterocycles. The summed E-state index contributed by atoms with van der Waals surface area (Å²) in [6.45, 7) is 1.88. The van der Waals surface area contributed by atoms with Crippen molar-refractivity contribution in [1.29, 1.82) is 0 Å². The number of nitrogens with zero attached hydrogens (tertiary/aromatic N) is 5. The van der Waals surface area contributed by atoms with Crippen LogP contribution in [0.5, 0.6) is 0 Å². The van der Waals surface area contributed by atoms with E-state index >= 15 is 0 Å². The zero-order chi connectivity index (χ0) is 24.5. The van der Waals surface area contributed by atoms with E-state index in [2.05, 4.69) is 20.5 Å². The topological polar surface area (TPSA) is 90.8 Å². The molecule has 0 atom stereocenters. The molecule has 11 heteroatoms. The summed E-state index contributed by atoms with van der Waals surface area (Å²) >= 11 is 5.92. The quantitative estimate of drug-likeness (QED) is 0.322. The summed E-state index contributed by atoms with van der Waals surface area (Å²) in [7, 11) is 0. The summed E-state index contributed by atoms with van der Waals surface area (Å²) in [5, 5.41) is 12.2. The third-order valence-electron chi connectivity index (χ3n) is 5.38. The van der Waals surface area contributed by atoms with Gasteiger partial charge in [-0.25, -0.2) is 18.4 Å². The first kappa shape index (κ1) is 22.7. The molecule has 178 valence electrons. The SMILES string of the molecule is Cc1nn(CC(=O)Nc2ccn(Cc3ccc(Cl)cc3)n2)c2nc(-c3ccco3)cc(C(F)F)c12. The molecule has 0 spiro atoms. The van der Waals surface area contributed by atoms with Gasteiger partial charge in [-0.2, -0.15) is 10.2 Å². The summed E-state index contributed by atoms with van der Waals surface area (Å²) in [5.41, 5.74) is 1.55. The maximum absolute atomic E-state index is 13.8. The number of benzene rings is 1. The number of nitrogens with one attached hydrogen (secondary N) is 1. The number of hydrogen-bond acceptors (Lipinski definition) is 5. The number of fused-ring (bicyclic) bond motifs is 1. The van der Waals surface area contributed by atoms with Crippen molar-refractivity contribution >= 4 is 34.4 Å². The fourth-order valence-corrected chi connectivity index (χ4v) is 3.96. The van der Waals surface area contributed by atoms with Crippen molar-refractivity contribution in [3.05, 3.63) is 82.8 Å². The molecular formula is C24H19ClF2N6O2. The fraction of sp³-hybridized carbons (Fsp3) is 0.167. The molecule has 0 fully saturated rings. The molecule has 0 aliphatic carbocycles. The Labute approximate surface area is 203 Å². The van der Waals surface area contributed by atoms with Crippen LogP contribution in [0.3, 0.4) is 0 Å². The van der Waals surface area contributed by atoms with Crippen molar-refractivity contribution in [2.75, 3.05) is 5.32 Å². The molecule has 0 radical (unpaired) electrons. The minimum Gasteiger partial charge on any atom is -0.463 e. The molecule has 0 unspecified atom stereocenters. The summed E-state index contributed by atoms with van der Waals surface area (Å²) in [5.74, 6) is 0.277. The number of aryl methyl sites for hydroxylation is 1. The lowest BCUT2D eigenvalue weighted by atomic mass is 10.1. The minimum absolute atomic E-state index is 0.176. The van der Waals surface area contributed by atoms with Crippen molar-refractivity contribution in [1.82, 2.24) is 24.5 Å².